The molecule has 0 aromatic carbocycles. The first kappa shape index (κ1) is 13.7. The molecule has 1 atom stereocenters. The summed E-state index contributed by atoms with van der Waals surface area (Å²) in [6, 6.07) is 0. The lowest BCUT2D eigenvalue weighted by Crippen LogP contribution is -2.31. The van der Waals surface area contributed by atoms with Crippen LogP contribution >= 0.6 is 0 Å². The molecule has 0 spiro atoms. The monoisotopic (exact) mass is 226 g/mol. The molecule has 0 aliphatic heterocycles. The van der Waals surface area contributed by atoms with Gasteiger partial charge in [-0.15, -0.1) is 0 Å². The van der Waals surface area contributed by atoms with Crippen LogP contribution in [-0.4, -0.2) is 18.5 Å². The lowest BCUT2D eigenvalue weighted by molar-refractivity contribution is -0.134. The van der Waals surface area contributed by atoms with Crippen molar-refractivity contribution in [1.29, 1.82) is 0 Å². The highest BCUT2D eigenvalue weighted by atomic mass is 16.5. The van der Waals surface area contributed by atoms with Crippen LogP contribution in [0, 0.1) is 11.8 Å². The number of Topliss-reactive ketones (excluding diaryl/α,β-unsaturated/α-hetero) is 1. The molecule has 0 radical (unpaired) electrons. The fourth-order valence-corrected chi connectivity index (χ4v) is 2.63. The molecule has 1 aliphatic rings. The number of ketones is 1. The van der Waals surface area contributed by atoms with Crippen LogP contribution in [0.1, 0.15) is 59.3 Å². The molecule has 0 aromatic heterocycles. The first-order valence-electron chi connectivity index (χ1n) is 6.79. The van der Waals surface area contributed by atoms with E-state index in [9.17, 15) is 4.79 Å². The molecular weight excluding hydrogens is 200 g/mol. The topological polar surface area (TPSA) is 26.3 Å². The van der Waals surface area contributed by atoms with Crippen LogP contribution in [0.5, 0.6) is 0 Å². The van der Waals surface area contributed by atoms with Crippen molar-refractivity contribution in [2.75, 3.05) is 6.61 Å². The second-order valence-corrected chi connectivity index (χ2v) is 5.29. The van der Waals surface area contributed by atoms with E-state index in [2.05, 4.69) is 13.8 Å². The van der Waals surface area contributed by atoms with Crippen molar-refractivity contribution in [1.82, 2.24) is 0 Å². The van der Waals surface area contributed by atoms with Gasteiger partial charge in [-0.3, -0.25) is 4.79 Å². The van der Waals surface area contributed by atoms with E-state index in [1.165, 1.54) is 32.1 Å². The van der Waals surface area contributed by atoms with E-state index in [1.54, 1.807) is 0 Å². The summed E-state index contributed by atoms with van der Waals surface area (Å²) in [5, 5.41) is 0. The molecule has 1 rings (SSSR count). The average molecular weight is 226 g/mol. The largest absolute Gasteiger partial charge is 0.370 e. The molecule has 2 heteroatoms. The SMILES string of the molecule is CCOC(C(=O)CC1CCCCC1)C(C)C. The molecular formula is C14H26O2. The maximum absolute atomic E-state index is 12.1. The first-order valence-corrected chi connectivity index (χ1v) is 6.79. The van der Waals surface area contributed by atoms with Gasteiger partial charge in [-0.05, 0) is 18.8 Å². The Morgan fingerprint density at radius 1 is 1.25 bits per heavy atom. The zero-order valence-electron chi connectivity index (χ0n) is 11.0. The van der Waals surface area contributed by atoms with Gasteiger partial charge in [-0.25, -0.2) is 0 Å². The summed E-state index contributed by atoms with van der Waals surface area (Å²) in [5.74, 6) is 1.25. The predicted molar refractivity (Wildman–Crippen MR) is 66.5 cm³/mol. The van der Waals surface area contributed by atoms with Crippen LogP contribution in [0.25, 0.3) is 0 Å². The molecule has 0 aromatic rings. The third-order valence-electron chi connectivity index (χ3n) is 3.48. The summed E-state index contributed by atoms with van der Waals surface area (Å²) in [5.41, 5.74) is 0. The average Bonchev–Trinajstić information content (AvgIpc) is 2.26. The zero-order valence-corrected chi connectivity index (χ0v) is 11.0. The minimum atomic E-state index is -0.174. The predicted octanol–water partition coefficient (Wildman–Crippen LogP) is 3.59. The van der Waals surface area contributed by atoms with Crippen molar-refractivity contribution < 1.29 is 9.53 Å². The zero-order chi connectivity index (χ0) is 12.0. The van der Waals surface area contributed by atoms with E-state index in [1.807, 2.05) is 6.92 Å². The van der Waals surface area contributed by atoms with Gasteiger partial charge in [-0.1, -0.05) is 46.0 Å². The Bertz CT molecular complexity index is 205. The third kappa shape index (κ3) is 4.25. The minimum Gasteiger partial charge on any atom is -0.370 e. The number of carbonyl (C=O) groups excluding carboxylic acids is 1. The van der Waals surface area contributed by atoms with Crippen molar-refractivity contribution in [3.63, 3.8) is 0 Å². The molecule has 0 bridgehead atoms. The van der Waals surface area contributed by atoms with E-state index in [4.69, 9.17) is 4.74 Å². The molecule has 0 N–H and O–H groups in total. The second-order valence-electron chi connectivity index (χ2n) is 5.29. The van der Waals surface area contributed by atoms with Gasteiger partial charge in [0.2, 0.25) is 0 Å². The second kappa shape index (κ2) is 7.05. The van der Waals surface area contributed by atoms with Gasteiger partial charge in [0, 0.05) is 13.0 Å². The molecule has 0 amide bonds. The van der Waals surface area contributed by atoms with E-state index >= 15 is 0 Å². The Hall–Kier alpha value is -0.370. The third-order valence-corrected chi connectivity index (χ3v) is 3.48. The lowest BCUT2D eigenvalue weighted by atomic mass is 9.84. The van der Waals surface area contributed by atoms with Crippen LogP contribution in [0.3, 0.4) is 0 Å². The quantitative estimate of drug-likeness (QED) is 0.692. The van der Waals surface area contributed by atoms with E-state index in [0.717, 1.165) is 6.42 Å². The molecule has 1 aliphatic carbocycles. The van der Waals surface area contributed by atoms with Crippen molar-refractivity contribution in [2.45, 2.75) is 65.4 Å². The molecule has 1 unspecified atom stereocenters. The van der Waals surface area contributed by atoms with Crippen LogP contribution in [0.15, 0.2) is 0 Å². The number of rotatable bonds is 6. The number of ether oxygens (including phenoxy) is 1. The Morgan fingerprint density at radius 3 is 2.38 bits per heavy atom. The first-order chi connectivity index (χ1) is 7.65. The molecule has 16 heavy (non-hydrogen) atoms. The van der Waals surface area contributed by atoms with Crippen molar-refractivity contribution in [3.05, 3.63) is 0 Å². The summed E-state index contributed by atoms with van der Waals surface area (Å²) < 4.78 is 5.56. The summed E-state index contributed by atoms with van der Waals surface area (Å²) in [6.45, 7) is 6.74. The smallest absolute Gasteiger partial charge is 0.162 e. The molecule has 1 saturated carbocycles. The van der Waals surface area contributed by atoms with Gasteiger partial charge in [0.05, 0.1) is 0 Å². The minimum absolute atomic E-state index is 0.174. The van der Waals surface area contributed by atoms with Crippen LogP contribution < -0.4 is 0 Å². The number of hydrogen-bond acceptors (Lipinski definition) is 2. The highest BCUT2D eigenvalue weighted by Gasteiger charge is 2.25. The van der Waals surface area contributed by atoms with E-state index < -0.39 is 0 Å². The van der Waals surface area contributed by atoms with Gasteiger partial charge >= 0.3 is 0 Å². The summed E-state index contributed by atoms with van der Waals surface area (Å²) >= 11 is 0. The molecule has 94 valence electrons. The van der Waals surface area contributed by atoms with Crippen molar-refractivity contribution in [2.24, 2.45) is 11.8 Å². The summed E-state index contributed by atoms with van der Waals surface area (Å²) in [6.07, 6.45) is 7.00. The maximum atomic E-state index is 12.1. The number of hydrogen-bond donors (Lipinski definition) is 0. The highest BCUT2D eigenvalue weighted by Crippen LogP contribution is 2.27. The fourth-order valence-electron chi connectivity index (χ4n) is 2.63. The van der Waals surface area contributed by atoms with E-state index in [-0.39, 0.29) is 6.10 Å². The summed E-state index contributed by atoms with van der Waals surface area (Å²) in [4.78, 5) is 12.1. The highest BCUT2D eigenvalue weighted by molar-refractivity contribution is 5.83. The van der Waals surface area contributed by atoms with Crippen molar-refractivity contribution in [3.8, 4) is 0 Å². The van der Waals surface area contributed by atoms with Crippen LogP contribution in [-0.2, 0) is 9.53 Å². The van der Waals surface area contributed by atoms with Gasteiger partial charge in [0.1, 0.15) is 6.10 Å². The normalized spacial score (nSPS) is 20.0. The van der Waals surface area contributed by atoms with Crippen LogP contribution in [0.2, 0.25) is 0 Å². The standard InChI is InChI=1S/C14H26O2/c1-4-16-14(11(2)3)13(15)10-12-8-6-5-7-9-12/h11-12,14H,4-10H2,1-3H3. The van der Waals surface area contributed by atoms with E-state index in [0.29, 0.717) is 24.2 Å². The van der Waals surface area contributed by atoms with Crippen LogP contribution in [0.4, 0.5) is 0 Å². The van der Waals surface area contributed by atoms with Crippen molar-refractivity contribution >= 4 is 5.78 Å². The fraction of sp³-hybridized carbons (Fsp3) is 0.929. The lowest BCUT2D eigenvalue weighted by Gasteiger charge is -2.25. The Balaban J connectivity index is 2.40. The van der Waals surface area contributed by atoms with Gasteiger partial charge in [0.15, 0.2) is 5.78 Å². The summed E-state index contributed by atoms with van der Waals surface area (Å²) in [7, 11) is 0. The maximum Gasteiger partial charge on any atom is 0.162 e. The molecule has 0 heterocycles. The van der Waals surface area contributed by atoms with Gasteiger partial charge in [0.25, 0.3) is 0 Å². The molecule has 1 fully saturated rings. The molecule has 2 nitrogen and oxygen atoms in total. The Kier molecular flexibility index (Phi) is 6.04. The Labute approximate surface area is 99.8 Å². The van der Waals surface area contributed by atoms with Gasteiger partial charge < -0.3 is 4.74 Å². The Morgan fingerprint density at radius 2 is 1.88 bits per heavy atom. The van der Waals surface area contributed by atoms with Gasteiger partial charge in [-0.2, -0.15) is 0 Å². The molecule has 0 saturated heterocycles. The number of carbonyl (C=O) groups is 1.